The molecule has 0 radical (unpaired) electrons. The SMILES string of the molecule is C[C@]12C[C@H](c3ccc(C(=O)Nc4ccccn4)cc3)C3=C4CCC(=O)C=C4CCC3C1CC[C@]2(O)C(F)(F)C(F)(F)F. The van der Waals surface area contributed by atoms with Crippen molar-refractivity contribution in [3.8, 4) is 0 Å². The number of alkyl halides is 5. The van der Waals surface area contributed by atoms with E-state index in [9.17, 15) is 27.9 Å². The predicted octanol–water partition coefficient (Wildman–Crippen LogP) is 7.16. The van der Waals surface area contributed by atoms with Crippen molar-refractivity contribution < 1.29 is 36.6 Å². The fourth-order valence-electron chi connectivity index (χ4n) is 8.21. The number of rotatable bonds is 4. The molecule has 0 spiro atoms. The van der Waals surface area contributed by atoms with Crippen LogP contribution in [0.5, 0.6) is 0 Å². The zero-order valence-corrected chi connectivity index (χ0v) is 23.0. The summed E-state index contributed by atoms with van der Waals surface area (Å²) in [6.07, 6.45) is -1.59. The lowest BCUT2D eigenvalue weighted by Gasteiger charge is -2.56. The number of nitrogens with zero attached hydrogens (tertiary/aromatic N) is 1. The van der Waals surface area contributed by atoms with Crippen LogP contribution in [0, 0.1) is 17.3 Å². The monoisotopic (exact) mass is 586 g/mol. The molecule has 1 heterocycles. The smallest absolute Gasteiger partial charge is 0.383 e. The zero-order valence-electron chi connectivity index (χ0n) is 23.0. The lowest BCUT2D eigenvalue weighted by molar-refractivity contribution is -0.362. The van der Waals surface area contributed by atoms with E-state index in [4.69, 9.17) is 0 Å². The average Bonchev–Trinajstić information content (AvgIpc) is 3.23. The Hall–Kier alpha value is -3.40. The number of hydrogen-bond donors (Lipinski definition) is 2. The van der Waals surface area contributed by atoms with Gasteiger partial charge in [-0.25, -0.2) is 4.98 Å². The van der Waals surface area contributed by atoms with Gasteiger partial charge in [0.05, 0.1) is 0 Å². The van der Waals surface area contributed by atoms with Crippen molar-refractivity contribution in [1.29, 1.82) is 0 Å². The molecule has 2 saturated carbocycles. The minimum atomic E-state index is -5.90. The van der Waals surface area contributed by atoms with Gasteiger partial charge < -0.3 is 10.4 Å². The summed E-state index contributed by atoms with van der Waals surface area (Å²) in [6.45, 7) is 1.39. The van der Waals surface area contributed by atoms with Crippen molar-refractivity contribution in [3.05, 3.63) is 82.6 Å². The van der Waals surface area contributed by atoms with Crippen LogP contribution >= 0.6 is 0 Å². The van der Waals surface area contributed by atoms with E-state index >= 15 is 8.78 Å². The Morgan fingerprint density at radius 2 is 1.76 bits per heavy atom. The first-order chi connectivity index (χ1) is 19.8. The van der Waals surface area contributed by atoms with Crippen molar-refractivity contribution >= 4 is 17.5 Å². The van der Waals surface area contributed by atoms with Crippen LogP contribution in [0.2, 0.25) is 0 Å². The Labute approximate surface area is 239 Å². The van der Waals surface area contributed by atoms with E-state index in [1.54, 1.807) is 54.7 Å². The summed E-state index contributed by atoms with van der Waals surface area (Å²) in [4.78, 5) is 29.1. The molecule has 222 valence electrons. The van der Waals surface area contributed by atoms with E-state index in [0.29, 0.717) is 42.6 Å². The third-order valence-electron chi connectivity index (χ3n) is 10.2. The first-order valence-corrected chi connectivity index (χ1v) is 14.2. The van der Waals surface area contributed by atoms with E-state index in [1.807, 2.05) is 0 Å². The maximum Gasteiger partial charge on any atom is 0.456 e. The highest BCUT2D eigenvalue weighted by Gasteiger charge is 2.79. The summed E-state index contributed by atoms with van der Waals surface area (Å²) in [5.74, 6) is -6.75. The molecule has 4 aliphatic rings. The number of benzene rings is 1. The molecule has 1 amide bonds. The van der Waals surface area contributed by atoms with Crippen LogP contribution in [0.15, 0.2) is 71.5 Å². The number of amides is 1. The molecule has 5 atom stereocenters. The second-order valence-electron chi connectivity index (χ2n) is 12.3. The Morgan fingerprint density at radius 3 is 2.43 bits per heavy atom. The lowest BCUT2D eigenvalue weighted by atomic mass is 9.50. The Balaban J connectivity index is 1.42. The van der Waals surface area contributed by atoms with Crippen molar-refractivity contribution in [3.63, 3.8) is 0 Å². The Kier molecular flexibility index (Phi) is 6.72. The molecule has 10 heteroatoms. The van der Waals surface area contributed by atoms with Gasteiger partial charge in [-0.3, -0.25) is 9.59 Å². The molecular formula is C32H31F5N2O3. The zero-order chi connectivity index (χ0) is 30.1. The van der Waals surface area contributed by atoms with Crippen molar-refractivity contribution in [2.75, 3.05) is 5.32 Å². The highest BCUT2D eigenvalue weighted by atomic mass is 19.4. The molecule has 2 fully saturated rings. The number of halogens is 5. The molecule has 2 aromatic rings. The third kappa shape index (κ3) is 4.24. The van der Waals surface area contributed by atoms with Gasteiger partial charge in [-0.2, -0.15) is 22.0 Å². The highest BCUT2D eigenvalue weighted by Crippen LogP contribution is 2.70. The quantitative estimate of drug-likeness (QED) is 0.373. The number of pyridine rings is 1. The lowest BCUT2D eigenvalue weighted by Crippen LogP contribution is -2.65. The number of ketones is 1. The van der Waals surface area contributed by atoms with Gasteiger partial charge in [0, 0.05) is 29.5 Å². The van der Waals surface area contributed by atoms with Crippen LogP contribution in [0.3, 0.4) is 0 Å². The molecule has 2 unspecified atom stereocenters. The van der Waals surface area contributed by atoms with Gasteiger partial charge in [0.15, 0.2) is 5.78 Å². The van der Waals surface area contributed by atoms with Gasteiger partial charge in [0.1, 0.15) is 11.4 Å². The van der Waals surface area contributed by atoms with Crippen LogP contribution in [0.25, 0.3) is 0 Å². The van der Waals surface area contributed by atoms with Crippen LogP contribution in [-0.2, 0) is 4.79 Å². The standard InChI is InChI=1S/C32H31F5N2O3/c1-29-17-24(18-5-7-19(8-6-18)28(41)39-26-4-2-3-15-38-26)27-22-12-10-21(40)16-20(22)9-11-23(27)25(29)13-14-30(29,42)31(33,34)32(35,36)37/h2-8,15-16,23-25,42H,9-14,17H2,1H3,(H,38,39,41)/t23?,24-,25?,29+,30-/m1/s1. The molecule has 42 heavy (non-hydrogen) atoms. The predicted molar refractivity (Wildman–Crippen MR) is 145 cm³/mol. The number of allylic oxidation sites excluding steroid dienone is 4. The van der Waals surface area contributed by atoms with Crippen LogP contribution in [0.4, 0.5) is 27.8 Å². The molecule has 0 aliphatic heterocycles. The summed E-state index contributed by atoms with van der Waals surface area (Å²) >= 11 is 0. The fraction of sp³-hybridized carbons (Fsp3) is 0.469. The van der Waals surface area contributed by atoms with Crippen molar-refractivity contribution in [2.45, 2.75) is 75.5 Å². The summed E-state index contributed by atoms with van der Waals surface area (Å²) in [7, 11) is 0. The number of anilines is 1. The number of carbonyl (C=O) groups is 2. The molecule has 1 aromatic carbocycles. The summed E-state index contributed by atoms with van der Waals surface area (Å²) in [6, 6.07) is 11.7. The molecule has 5 nitrogen and oxygen atoms in total. The van der Waals surface area contributed by atoms with Gasteiger partial charge in [-0.05, 0) is 97.4 Å². The number of carbonyl (C=O) groups excluding carboxylic acids is 2. The molecule has 0 bridgehead atoms. The maximum absolute atomic E-state index is 15.1. The number of hydrogen-bond acceptors (Lipinski definition) is 4. The van der Waals surface area contributed by atoms with Crippen molar-refractivity contribution in [2.24, 2.45) is 17.3 Å². The number of aliphatic hydroxyl groups is 1. The van der Waals surface area contributed by atoms with E-state index in [-0.39, 0.29) is 24.5 Å². The largest absolute Gasteiger partial charge is 0.456 e. The maximum atomic E-state index is 15.1. The van der Waals surface area contributed by atoms with E-state index < -0.39 is 47.3 Å². The molecule has 2 N–H and O–H groups in total. The molecule has 0 saturated heterocycles. The van der Waals surface area contributed by atoms with Gasteiger partial charge in [-0.1, -0.05) is 30.7 Å². The third-order valence-corrected chi connectivity index (χ3v) is 10.2. The molecule has 6 rings (SSSR count). The Morgan fingerprint density at radius 1 is 1.02 bits per heavy atom. The van der Waals surface area contributed by atoms with Crippen LogP contribution < -0.4 is 5.32 Å². The van der Waals surface area contributed by atoms with E-state index in [0.717, 1.165) is 16.7 Å². The first kappa shape index (κ1) is 28.7. The second-order valence-corrected chi connectivity index (χ2v) is 12.3. The van der Waals surface area contributed by atoms with E-state index in [2.05, 4.69) is 10.3 Å². The molecule has 4 aliphatic carbocycles. The second kappa shape index (κ2) is 9.82. The molecular weight excluding hydrogens is 555 g/mol. The minimum absolute atomic E-state index is 0.0216. The van der Waals surface area contributed by atoms with Crippen LogP contribution in [-0.4, -0.2) is 39.5 Å². The summed E-state index contributed by atoms with van der Waals surface area (Å²) in [5.41, 5.74) is -1.12. The number of aromatic nitrogens is 1. The fourth-order valence-corrected chi connectivity index (χ4v) is 8.21. The highest BCUT2D eigenvalue weighted by molar-refractivity contribution is 6.03. The molecule has 1 aromatic heterocycles. The first-order valence-electron chi connectivity index (χ1n) is 14.2. The van der Waals surface area contributed by atoms with Gasteiger partial charge >= 0.3 is 12.1 Å². The van der Waals surface area contributed by atoms with E-state index in [1.165, 1.54) is 6.92 Å². The number of nitrogens with one attached hydrogen (secondary N) is 1. The van der Waals surface area contributed by atoms with Gasteiger partial charge in [0.2, 0.25) is 0 Å². The van der Waals surface area contributed by atoms with Gasteiger partial charge in [-0.15, -0.1) is 0 Å². The van der Waals surface area contributed by atoms with Gasteiger partial charge in [0.25, 0.3) is 5.91 Å². The average molecular weight is 587 g/mol. The summed E-state index contributed by atoms with van der Waals surface area (Å²) in [5, 5.41) is 14.1. The van der Waals surface area contributed by atoms with Crippen LogP contribution in [0.1, 0.15) is 73.7 Å². The Bertz CT molecular complexity index is 1480. The minimum Gasteiger partial charge on any atom is -0.383 e. The normalized spacial score (nSPS) is 31.2. The van der Waals surface area contributed by atoms with Crippen molar-refractivity contribution in [1.82, 2.24) is 4.98 Å². The number of fused-ring (bicyclic) bond motifs is 4. The topological polar surface area (TPSA) is 79.3 Å². The summed E-state index contributed by atoms with van der Waals surface area (Å²) < 4.78 is 71.5.